The zero-order valence-corrected chi connectivity index (χ0v) is 14.5. The maximum absolute atomic E-state index is 5.54. The quantitative estimate of drug-likeness (QED) is 0.902. The Kier molecular flexibility index (Phi) is 4.65. The number of anilines is 1. The first-order valence-corrected chi connectivity index (χ1v) is 8.82. The lowest BCUT2D eigenvalue weighted by molar-refractivity contribution is 0.171. The van der Waals surface area contributed by atoms with E-state index in [1.807, 2.05) is 6.07 Å². The van der Waals surface area contributed by atoms with Crippen LogP contribution in [-0.4, -0.2) is 37.9 Å². The first-order chi connectivity index (χ1) is 12.3. The summed E-state index contributed by atoms with van der Waals surface area (Å²) in [6, 6.07) is 15.0. The van der Waals surface area contributed by atoms with E-state index in [1.54, 1.807) is 7.11 Å². The molecule has 1 saturated heterocycles. The fourth-order valence-electron chi connectivity index (χ4n) is 3.62. The lowest BCUT2D eigenvalue weighted by Gasteiger charge is -2.33. The van der Waals surface area contributed by atoms with Crippen molar-refractivity contribution < 1.29 is 14.2 Å². The number of hydrogen-bond donors (Lipinski definition) is 1. The third-order valence-corrected chi connectivity index (χ3v) is 4.77. The van der Waals surface area contributed by atoms with Crippen LogP contribution in [0.4, 0.5) is 5.69 Å². The van der Waals surface area contributed by atoms with Crippen LogP contribution in [0, 0.1) is 0 Å². The summed E-state index contributed by atoms with van der Waals surface area (Å²) in [6.07, 6.45) is 2.40. The molecule has 5 heteroatoms. The van der Waals surface area contributed by atoms with Crippen molar-refractivity contribution in [2.45, 2.75) is 25.4 Å². The largest absolute Gasteiger partial charge is 0.493 e. The molecule has 0 aromatic heterocycles. The lowest BCUT2D eigenvalue weighted by atomic mass is 10.0. The van der Waals surface area contributed by atoms with Gasteiger partial charge in [0.15, 0.2) is 11.5 Å². The van der Waals surface area contributed by atoms with Gasteiger partial charge in [0.1, 0.15) is 0 Å². The summed E-state index contributed by atoms with van der Waals surface area (Å²) in [5, 5.41) is 3.65. The van der Waals surface area contributed by atoms with Gasteiger partial charge in [-0.25, -0.2) is 0 Å². The molecule has 2 aromatic carbocycles. The van der Waals surface area contributed by atoms with Gasteiger partial charge in [-0.1, -0.05) is 18.2 Å². The molecule has 0 amide bonds. The number of nitrogens with one attached hydrogen (secondary N) is 1. The summed E-state index contributed by atoms with van der Waals surface area (Å²) in [5.74, 6) is 2.25. The van der Waals surface area contributed by atoms with E-state index < -0.39 is 0 Å². The molecule has 1 N–H and O–H groups in total. The van der Waals surface area contributed by atoms with Crippen LogP contribution in [0.25, 0.3) is 0 Å². The molecule has 0 saturated carbocycles. The van der Waals surface area contributed by atoms with Crippen molar-refractivity contribution in [3.8, 4) is 17.2 Å². The highest BCUT2D eigenvalue weighted by Gasteiger charge is 2.23. The molecule has 4 rings (SSSR count). The second kappa shape index (κ2) is 7.23. The third kappa shape index (κ3) is 3.66. The molecular weight excluding hydrogens is 316 g/mol. The maximum atomic E-state index is 5.54. The second-order valence-electron chi connectivity index (χ2n) is 6.62. The Morgan fingerprint density at radius 2 is 2.08 bits per heavy atom. The summed E-state index contributed by atoms with van der Waals surface area (Å²) in [4.78, 5) is 2.49. The van der Waals surface area contributed by atoms with Crippen LogP contribution < -0.4 is 19.5 Å². The molecule has 0 aliphatic carbocycles. The van der Waals surface area contributed by atoms with Gasteiger partial charge in [-0.3, -0.25) is 4.90 Å². The summed E-state index contributed by atoms with van der Waals surface area (Å²) in [5.41, 5.74) is 2.39. The van der Waals surface area contributed by atoms with Crippen molar-refractivity contribution in [3.63, 3.8) is 0 Å². The monoisotopic (exact) mass is 340 g/mol. The molecule has 2 aromatic rings. The standard InChI is InChI=1S/C20H24N2O3/c1-23-18-10-15(11-19-20(18)25-14-24-19)12-22-9-5-8-17(13-22)21-16-6-3-2-4-7-16/h2-4,6-7,10-11,17,21H,5,8-9,12-14H2,1H3/t17-/m1/s1. The van der Waals surface area contributed by atoms with Gasteiger partial charge in [0, 0.05) is 24.8 Å². The summed E-state index contributed by atoms with van der Waals surface area (Å²) < 4.78 is 16.5. The van der Waals surface area contributed by atoms with Crippen LogP contribution >= 0.6 is 0 Å². The number of piperidine rings is 1. The Labute approximate surface area is 148 Å². The van der Waals surface area contributed by atoms with Crippen LogP contribution in [0.15, 0.2) is 42.5 Å². The molecule has 25 heavy (non-hydrogen) atoms. The molecule has 1 fully saturated rings. The second-order valence-corrected chi connectivity index (χ2v) is 6.62. The number of benzene rings is 2. The van der Waals surface area contributed by atoms with Crippen LogP contribution in [0.3, 0.4) is 0 Å². The number of hydrogen-bond acceptors (Lipinski definition) is 5. The number of likely N-dealkylation sites (tertiary alicyclic amines) is 1. The van der Waals surface area contributed by atoms with Crippen LogP contribution in [-0.2, 0) is 6.54 Å². The fraction of sp³-hybridized carbons (Fsp3) is 0.400. The zero-order chi connectivity index (χ0) is 17.1. The molecule has 0 spiro atoms. The van der Waals surface area contributed by atoms with E-state index in [9.17, 15) is 0 Å². The van der Waals surface area contributed by atoms with E-state index >= 15 is 0 Å². The SMILES string of the molecule is COc1cc(CN2CCC[C@@H](Nc3ccccc3)C2)cc2c1OCO2. The number of methoxy groups -OCH3 is 1. The molecule has 0 bridgehead atoms. The molecule has 0 radical (unpaired) electrons. The molecule has 1 atom stereocenters. The van der Waals surface area contributed by atoms with Crippen molar-refractivity contribution in [1.29, 1.82) is 0 Å². The van der Waals surface area contributed by atoms with E-state index in [2.05, 4.69) is 46.6 Å². The molecule has 0 unspecified atom stereocenters. The number of nitrogens with zero attached hydrogens (tertiary/aromatic N) is 1. The van der Waals surface area contributed by atoms with Gasteiger partial charge in [-0.2, -0.15) is 0 Å². The average molecular weight is 340 g/mol. The zero-order valence-electron chi connectivity index (χ0n) is 14.5. The highest BCUT2D eigenvalue weighted by molar-refractivity contribution is 5.55. The molecule has 2 heterocycles. The number of para-hydroxylation sites is 1. The molecule has 132 valence electrons. The van der Waals surface area contributed by atoms with E-state index in [0.29, 0.717) is 11.8 Å². The molecule has 2 aliphatic heterocycles. The van der Waals surface area contributed by atoms with Crippen molar-refractivity contribution >= 4 is 5.69 Å². The minimum absolute atomic E-state index is 0.266. The van der Waals surface area contributed by atoms with Crippen molar-refractivity contribution in [3.05, 3.63) is 48.0 Å². The molecule has 5 nitrogen and oxygen atoms in total. The number of fused-ring (bicyclic) bond motifs is 1. The minimum Gasteiger partial charge on any atom is -0.493 e. The Morgan fingerprint density at radius 1 is 1.20 bits per heavy atom. The van der Waals surface area contributed by atoms with E-state index in [4.69, 9.17) is 14.2 Å². The van der Waals surface area contributed by atoms with Gasteiger partial charge in [0.05, 0.1) is 7.11 Å². The highest BCUT2D eigenvalue weighted by atomic mass is 16.7. The van der Waals surface area contributed by atoms with Gasteiger partial charge >= 0.3 is 0 Å². The number of ether oxygens (including phenoxy) is 3. The van der Waals surface area contributed by atoms with Gasteiger partial charge in [-0.15, -0.1) is 0 Å². The van der Waals surface area contributed by atoms with Crippen LogP contribution in [0.5, 0.6) is 17.2 Å². The first-order valence-electron chi connectivity index (χ1n) is 8.82. The van der Waals surface area contributed by atoms with Gasteiger partial charge in [-0.05, 0) is 49.2 Å². The van der Waals surface area contributed by atoms with Gasteiger partial charge < -0.3 is 19.5 Å². The Bertz CT molecular complexity index is 720. The summed E-state index contributed by atoms with van der Waals surface area (Å²) >= 11 is 0. The van der Waals surface area contributed by atoms with Crippen LogP contribution in [0.2, 0.25) is 0 Å². The van der Waals surface area contributed by atoms with E-state index in [0.717, 1.165) is 31.1 Å². The first kappa shape index (κ1) is 16.1. The van der Waals surface area contributed by atoms with Gasteiger partial charge in [0.25, 0.3) is 0 Å². The minimum atomic E-state index is 0.266. The average Bonchev–Trinajstić information content (AvgIpc) is 3.11. The predicted octanol–water partition coefficient (Wildman–Crippen LogP) is 3.50. The van der Waals surface area contributed by atoms with Gasteiger partial charge in [0.2, 0.25) is 12.5 Å². The summed E-state index contributed by atoms with van der Waals surface area (Å²) in [6.45, 7) is 3.30. The Balaban J connectivity index is 1.42. The maximum Gasteiger partial charge on any atom is 0.231 e. The van der Waals surface area contributed by atoms with E-state index in [-0.39, 0.29) is 6.79 Å². The molecular formula is C20H24N2O3. The Hall–Kier alpha value is -2.40. The smallest absolute Gasteiger partial charge is 0.231 e. The van der Waals surface area contributed by atoms with Crippen molar-refractivity contribution in [2.24, 2.45) is 0 Å². The fourth-order valence-corrected chi connectivity index (χ4v) is 3.62. The predicted molar refractivity (Wildman–Crippen MR) is 97.5 cm³/mol. The van der Waals surface area contributed by atoms with Crippen LogP contribution in [0.1, 0.15) is 18.4 Å². The lowest BCUT2D eigenvalue weighted by Crippen LogP contribution is -2.41. The number of rotatable bonds is 5. The van der Waals surface area contributed by atoms with E-state index in [1.165, 1.54) is 24.1 Å². The van der Waals surface area contributed by atoms with Crippen molar-refractivity contribution in [1.82, 2.24) is 4.90 Å². The Morgan fingerprint density at radius 3 is 2.92 bits per heavy atom. The topological polar surface area (TPSA) is 43.0 Å². The normalized spacial score (nSPS) is 19.6. The molecule has 2 aliphatic rings. The van der Waals surface area contributed by atoms with Crippen molar-refractivity contribution in [2.75, 3.05) is 32.3 Å². The highest BCUT2D eigenvalue weighted by Crippen LogP contribution is 2.42. The summed E-state index contributed by atoms with van der Waals surface area (Å²) in [7, 11) is 1.67. The third-order valence-electron chi connectivity index (χ3n) is 4.77.